The van der Waals surface area contributed by atoms with Gasteiger partial charge >= 0.3 is 0 Å². The number of amides is 2. The number of hydrazine groups is 1. The molecule has 2 aliphatic heterocycles. The summed E-state index contributed by atoms with van der Waals surface area (Å²) >= 11 is 0. The summed E-state index contributed by atoms with van der Waals surface area (Å²) in [5.74, 6) is 0.653. The van der Waals surface area contributed by atoms with Gasteiger partial charge in [-0.25, -0.2) is 10.0 Å². The Morgan fingerprint density at radius 3 is 1.79 bits per heavy atom. The van der Waals surface area contributed by atoms with Crippen LogP contribution in [0.25, 0.3) is 0 Å². The highest BCUT2D eigenvalue weighted by Gasteiger charge is 2.47. The van der Waals surface area contributed by atoms with Crippen LogP contribution in [0.15, 0.2) is 0 Å². The van der Waals surface area contributed by atoms with Crippen LogP contribution in [0.1, 0.15) is 26.7 Å². The number of carbonyl (C=O) groups is 2. The average Bonchev–Trinajstić information content (AvgIpc) is 2.38. The second-order valence-corrected chi connectivity index (χ2v) is 6.73. The molecule has 0 radical (unpaired) electrons. The summed E-state index contributed by atoms with van der Waals surface area (Å²) in [7, 11) is -0.281. The molecule has 2 heterocycles. The molecule has 0 aromatic rings. The lowest BCUT2D eigenvalue weighted by molar-refractivity contribution is -0.170. The Kier molecular flexibility index (Phi) is 2.26. The van der Waals surface area contributed by atoms with Crippen LogP contribution < -0.4 is 0 Å². The molecule has 0 aromatic heterocycles. The molecule has 0 N–H and O–H groups in total. The van der Waals surface area contributed by atoms with Crippen molar-refractivity contribution in [1.29, 1.82) is 0 Å². The van der Waals surface area contributed by atoms with Crippen LogP contribution in [-0.4, -0.2) is 40.1 Å². The van der Waals surface area contributed by atoms with Crippen molar-refractivity contribution in [3.05, 3.63) is 0 Å². The van der Waals surface area contributed by atoms with Gasteiger partial charge in [0.25, 0.3) is 0 Å². The van der Waals surface area contributed by atoms with Crippen LogP contribution >= 0.6 is 7.92 Å². The number of rotatable bonds is 0. The normalized spacial score (nSPS) is 37.8. The maximum absolute atomic E-state index is 11.7. The van der Waals surface area contributed by atoms with Gasteiger partial charge in [-0.05, 0) is 20.5 Å². The molecule has 0 spiro atoms. The van der Waals surface area contributed by atoms with E-state index in [2.05, 4.69) is 6.66 Å². The van der Waals surface area contributed by atoms with Gasteiger partial charge < -0.3 is 0 Å². The first-order chi connectivity index (χ1) is 6.54. The first-order valence-electron chi connectivity index (χ1n) is 4.90. The molecule has 0 aromatic carbocycles. The fraction of sp³-hybridized carbons (Fsp3) is 0.778. The van der Waals surface area contributed by atoms with Gasteiger partial charge in [0.05, 0.1) is 11.6 Å². The van der Waals surface area contributed by atoms with Crippen molar-refractivity contribution in [1.82, 2.24) is 10.0 Å². The van der Waals surface area contributed by atoms with Crippen molar-refractivity contribution < 1.29 is 9.59 Å². The molecule has 2 aliphatic rings. The number of hydrogen-bond acceptors (Lipinski definition) is 2. The predicted molar refractivity (Wildman–Crippen MR) is 54.7 cm³/mol. The molecule has 4 nitrogen and oxygen atoms in total. The summed E-state index contributed by atoms with van der Waals surface area (Å²) < 4.78 is 0. The number of nitrogens with zero attached hydrogens (tertiary/aromatic N) is 2. The number of hydrogen-bond donors (Lipinski definition) is 0. The molecule has 2 saturated heterocycles. The Balaban J connectivity index is 2.34. The SMILES string of the molecule is C[C@@H]1N2C(=O)CCC(=O)N2[C@H](C)P1C. The van der Waals surface area contributed by atoms with E-state index in [4.69, 9.17) is 0 Å². The Morgan fingerprint density at radius 1 is 1.07 bits per heavy atom. The minimum absolute atomic E-state index is 0.107. The molecule has 5 heteroatoms. The fourth-order valence-electron chi connectivity index (χ4n) is 2.12. The molecule has 1 unspecified atom stereocenters. The molecule has 0 saturated carbocycles. The van der Waals surface area contributed by atoms with Crippen molar-refractivity contribution in [2.75, 3.05) is 6.66 Å². The molecule has 0 aliphatic carbocycles. The van der Waals surface area contributed by atoms with Crippen molar-refractivity contribution in [3.8, 4) is 0 Å². The smallest absolute Gasteiger partial charge is 0.242 e. The van der Waals surface area contributed by atoms with Crippen molar-refractivity contribution >= 4 is 19.7 Å². The van der Waals surface area contributed by atoms with E-state index in [9.17, 15) is 9.59 Å². The van der Waals surface area contributed by atoms with Crippen molar-refractivity contribution in [2.45, 2.75) is 38.3 Å². The minimum atomic E-state index is -0.281. The Morgan fingerprint density at radius 2 is 1.43 bits per heavy atom. The zero-order valence-corrected chi connectivity index (χ0v) is 9.62. The van der Waals surface area contributed by atoms with Gasteiger partial charge in [-0.1, -0.05) is 7.92 Å². The van der Waals surface area contributed by atoms with Gasteiger partial charge in [0.2, 0.25) is 11.8 Å². The first-order valence-corrected chi connectivity index (χ1v) is 6.82. The highest BCUT2D eigenvalue weighted by molar-refractivity contribution is 7.58. The summed E-state index contributed by atoms with van der Waals surface area (Å²) in [6.07, 6.45) is 0.769. The van der Waals surface area contributed by atoms with Crippen LogP contribution in [0.2, 0.25) is 0 Å². The van der Waals surface area contributed by atoms with Crippen LogP contribution in [0.5, 0.6) is 0 Å². The second kappa shape index (κ2) is 3.20. The zero-order valence-electron chi connectivity index (χ0n) is 8.73. The highest BCUT2D eigenvalue weighted by Crippen LogP contribution is 2.53. The third-order valence-corrected chi connectivity index (χ3v) is 5.98. The van der Waals surface area contributed by atoms with Gasteiger partial charge in [-0.3, -0.25) is 9.59 Å². The van der Waals surface area contributed by atoms with Crippen molar-refractivity contribution in [3.63, 3.8) is 0 Å². The van der Waals surface area contributed by atoms with Gasteiger partial charge in [-0.15, -0.1) is 0 Å². The van der Waals surface area contributed by atoms with Gasteiger partial charge in [0.1, 0.15) is 0 Å². The highest BCUT2D eigenvalue weighted by atomic mass is 31.1. The maximum atomic E-state index is 11.7. The van der Waals surface area contributed by atoms with E-state index in [-0.39, 0.29) is 31.3 Å². The van der Waals surface area contributed by atoms with E-state index >= 15 is 0 Å². The predicted octanol–water partition coefficient (Wildman–Crippen LogP) is 1.17. The zero-order chi connectivity index (χ0) is 10.5. The van der Waals surface area contributed by atoms with Crippen molar-refractivity contribution in [2.24, 2.45) is 0 Å². The minimum Gasteiger partial charge on any atom is -0.273 e. The monoisotopic (exact) mass is 214 g/mol. The summed E-state index contributed by atoms with van der Waals surface area (Å²) in [5.41, 5.74) is 0. The van der Waals surface area contributed by atoms with Crippen LogP contribution in [0.4, 0.5) is 0 Å². The molecule has 2 fully saturated rings. The molecule has 78 valence electrons. The Bertz CT molecular complexity index is 267. The van der Waals surface area contributed by atoms with Gasteiger partial charge in [-0.2, -0.15) is 0 Å². The number of carbonyl (C=O) groups excluding carboxylic acids is 2. The lowest BCUT2D eigenvalue weighted by atomic mass is 10.2. The molecule has 0 bridgehead atoms. The van der Waals surface area contributed by atoms with E-state index in [1.165, 1.54) is 0 Å². The summed E-state index contributed by atoms with van der Waals surface area (Å²) in [6, 6.07) is 0. The van der Waals surface area contributed by atoms with Crippen LogP contribution in [-0.2, 0) is 9.59 Å². The summed E-state index contributed by atoms with van der Waals surface area (Å²) in [5, 5.41) is 3.37. The van der Waals surface area contributed by atoms with E-state index < -0.39 is 0 Å². The standard InChI is InChI=1S/C9H15N2O2P/c1-6-10-8(12)4-5-9(13)11(10)7(2)14(6)3/h6-7H,4-5H2,1-3H3/t6-,7+,14?. The number of fused-ring (bicyclic) bond motifs is 1. The van der Waals surface area contributed by atoms with E-state index in [1.54, 1.807) is 10.0 Å². The second-order valence-electron chi connectivity index (χ2n) is 3.91. The summed E-state index contributed by atoms with van der Waals surface area (Å²) in [4.78, 5) is 23.3. The fourth-order valence-corrected chi connectivity index (χ4v) is 3.91. The van der Waals surface area contributed by atoms with Crippen LogP contribution in [0, 0.1) is 0 Å². The molecule has 14 heavy (non-hydrogen) atoms. The van der Waals surface area contributed by atoms with E-state index in [0.717, 1.165) is 0 Å². The molecule has 3 atom stereocenters. The molecular weight excluding hydrogens is 199 g/mol. The first kappa shape index (κ1) is 9.91. The molecular formula is C9H15N2O2P. The summed E-state index contributed by atoms with van der Waals surface area (Å²) in [6.45, 7) is 6.24. The molecule has 2 amide bonds. The largest absolute Gasteiger partial charge is 0.273 e. The topological polar surface area (TPSA) is 40.6 Å². The lowest BCUT2D eigenvalue weighted by Crippen LogP contribution is -2.53. The Hall–Kier alpha value is -0.630. The Labute approximate surface area is 85.0 Å². The maximum Gasteiger partial charge on any atom is 0.242 e. The lowest BCUT2D eigenvalue weighted by Gasteiger charge is -2.35. The third kappa shape index (κ3) is 1.17. The average molecular weight is 214 g/mol. The van der Waals surface area contributed by atoms with E-state index in [1.807, 2.05) is 13.8 Å². The quantitative estimate of drug-likeness (QED) is 0.568. The van der Waals surface area contributed by atoms with Gasteiger partial charge in [0, 0.05) is 12.8 Å². The van der Waals surface area contributed by atoms with Crippen LogP contribution in [0.3, 0.4) is 0 Å². The molecule has 2 rings (SSSR count). The van der Waals surface area contributed by atoms with Gasteiger partial charge in [0.15, 0.2) is 0 Å². The van der Waals surface area contributed by atoms with E-state index in [0.29, 0.717) is 12.8 Å². The third-order valence-electron chi connectivity index (χ3n) is 3.18.